The van der Waals surface area contributed by atoms with Gasteiger partial charge in [0.05, 0.1) is 6.61 Å². The summed E-state index contributed by atoms with van der Waals surface area (Å²) in [5.74, 6) is 0.225. The van der Waals surface area contributed by atoms with Crippen LogP contribution in [0.2, 0.25) is 0 Å². The molecule has 1 heterocycles. The molecule has 0 aromatic carbocycles. The van der Waals surface area contributed by atoms with E-state index in [1.54, 1.807) is 4.90 Å². The smallest absolute Gasteiger partial charge is 0.410 e. The monoisotopic (exact) mass is 227 g/mol. The van der Waals surface area contributed by atoms with Crippen molar-refractivity contribution in [2.24, 2.45) is 0 Å². The SMILES string of the molecule is CCCCOC(=O)N1CCC(=O)CC1(C)C. The second-order valence-corrected chi connectivity index (χ2v) is 4.90. The van der Waals surface area contributed by atoms with Gasteiger partial charge in [0.15, 0.2) is 0 Å². The van der Waals surface area contributed by atoms with Crippen LogP contribution in [0, 0.1) is 0 Å². The molecule has 0 atom stereocenters. The molecule has 92 valence electrons. The molecule has 1 fully saturated rings. The highest BCUT2D eigenvalue weighted by Gasteiger charge is 2.37. The predicted octanol–water partition coefficient (Wildman–Crippen LogP) is 2.37. The van der Waals surface area contributed by atoms with Crippen LogP contribution < -0.4 is 0 Å². The lowest BCUT2D eigenvalue weighted by Gasteiger charge is -2.40. The maximum atomic E-state index is 11.8. The average Bonchev–Trinajstić information content (AvgIpc) is 2.16. The van der Waals surface area contributed by atoms with E-state index in [1.807, 2.05) is 13.8 Å². The van der Waals surface area contributed by atoms with E-state index < -0.39 is 5.54 Å². The minimum atomic E-state index is -0.404. The fraction of sp³-hybridized carbons (Fsp3) is 0.833. The second-order valence-electron chi connectivity index (χ2n) is 4.90. The van der Waals surface area contributed by atoms with Gasteiger partial charge in [-0.25, -0.2) is 4.79 Å². The zero-order chi connectivity index (χ0) is 12.2. The van der Waals surface area contributed by atoms with Crippen LogP contribution in [-0.2, 0) is 9.53 Å². The van der Waals surface area contributed by atoms with Gasteiger partial charge in [-0.3, -0.25) is 4.79 Å². The quantitative estimate of drug-likeness (QED) is 0.695. The van der Waals surface area contributed by atoms with Crippen LogP contribution in [0.25, 0.3) is 0 Å². The molecule has 1 amide bonds. The standard InChI is InChI=1S/C12H21NO3/c1-4-5-8-16-11(15)13-7-6-10(14)9-12(13,2)3/h4-9H2,1-3H3. The van der Waals surface area contributed by atoms with E-state index in [0.717, 1.165) is 12.8 Å². The Morgan fingerprint density at radius 3 is 2.75 bits per heavy atom. The van der Waals surface area contributed by atoms with Gasteiger partial charge in [-0.2, -0.15) is 0 Å². The molecule has 1 aliphatic rings. The van der Waals surface area contributed by atoms with Crippen molar-refractivity contribution in [3.05, 3.63) is 0 Å². The van der Waals surface area contributed by atoms with Crippen LogP contribution >= 0.6 is 0 Å². The second kappa shape index (κ2) is 5.32. The number of piperidine rings is 1. The maximum Gasteiger partial charge on any atom is 0.410 e. The van der Waals surface area contributed by atoms with Crippen molar-refractivity contribution in [2.45, 2.75) is 52.0 Å². The van der Waals surface area contributed by atoms with Gasteiger partial charge in [0, 0.05) is 24.9 Å². The zero-order valence-electron chi connectivity index (χ0n) is 10.4. The molecular formula is C12H21NO3. The number of rotatable bonds is 3. The molecule has 1 rings (SSSR count). The Balaban J connectivity index is 2.51. The van der Waals surface area contributed by atoms with E-state index in [9.17, 15) is 9.59 Å². The number of ketones is 1. The highest BCUT2D eigenvalue weighted by Crippen LogP contribution is 2.25. The van der Waals surface area contributed by atoms with Gasteiger partial charge in [-0.05, 0) is 20.3 Å². The van der Waals surface area contributed by atoms with Crippen molar-refractivity contribution in [3.63, 3.8) is 0 Å². The summed E-state index contributed by atoms with van der Waals surface area (Å²) in [6.07, 6.45) is 2.49. The Hall–Kier alpha value is -1.06. The lowest BCUT2D eigenvalue weighted by Crippen LogP contribution is -2.53. The lowest BCUT2D eigenvalue weighted by molar-refractivity contribution is -0.124. The van der Waals surface area contributed by atoms with Crippen molar-refractivity contribution in [1.82, 2.24) is 4.90 Å². The molecule has 0 aromatic rings. The molecule has 0 bridgehead atoms. The molecule has 0 unspecified atom stereocenters. The Kier molecular flexibility index (Phi) is 4.33. The maximum absolute atomic E-state index is 11.8. The third-order valence-electron chi connectivity index (χ3n) is 2.92. The van der Waals surface area contributed by atoms with Crippen molar-refractivity contribution in [2.75, 3.05) is 13.2 Å². The summed E-state index contributed by atoms with van der Waals surface area (Å²) in [6, 6.07) is 0. The Morgan fingerprint density at radius 1 is 1.50 bits per heavy atom. The van der Waals surface area contributed by atoms with Crippen LogP contribution in [0.3, 0.4) is 0 Å². The van der Waals surface area contributed by atoms with Gasteiger partial charge in [-0.1, -0.05) is 13.3 Å². The zero-order valence-corrected chi connectivity index (χ0v) is 10.4. The molecule has 4 heteroatoms. The Labute approximate surface area is 96.9 Å². The highest BCUT2D eigenvalue weighted by molar-refractivity contribution is 5.83. The summed E-state index contributed by atoms with van der Waals surface area (Å²) in [4.78, 5) is 24.8. The molecule has 16 heavy (non-hydrogen) atoms. The summed E-state index contributed by atoms with van der Waals surface area (Å²) >= 11 is 0. The molecule has 0 spiro atoms. The molecule has 0 aromatic heterocycles. The minimum Gasteiger partial charge on any atom is -0.449 e. The summed E-state index contributed by atoms with van der Waals surface area (Å²) in [6.45, 7) is 6.82. The normalized spacial score (nSPS) is 19.7. The first kappa shape index (κ1) is 13.0. The number of unbranched alkanes of at least 4 members (excludes halogenated alkanes) is 1. The fourth-order valence-corrected chi connectivity index (χ4v) is 1.93. The van der Waals surface area contributed by atoms with Gasteiger partial charge in [0.25, 0.3) is 0 Å². The fourth-order valence-electron chi connectivity index (χ4n) is 1.93. The van der Waals surface area contributed by atoms with Gasteiger partial charge in [0.2, 0.25) is 0 Å². The number of nitrogens with zero attached hydrogens (tertiary/aromatic N) is 1. The molecule has 0 aliphatic carbocycles. The first-order chi connectivity index (χ1) is 7.47. The number of ether oxygens (including phenoxy) is 1. The Morgan fingerprint density at radius 2 is 2.19 bits per heavy atom. The third kappa shape index (κ3) is 3.22. The van der Waals surface area contributed by atoms with Gasteiger partial charge in [-0.15, -0.1) is 0 Å². The largest absolute Gasteiger partial charge is 0.449 e. The number of carbonyl (C=O) groups excluding carboxylic acids is 2. The first-order valence-electron chi connectivity index (χ1n) is 5.93. The van der Waals surface area contributed by atoms with E-state index in [2.05, 4.69) is 6.92 Å². The van der Waals surface area contributed by atoms with Crippen molar-refractivity contribution < 1.29 is 14.3 Å². The van der Waals surface area contributed by atoms with E-state index in [1.165, 1.54) is 0 Å². The molecule has 1 saturated heterocycles. The first-order valence-corrected chi connectivity index (χ1v) is 5.93. The van der Waals surface area contributed by atoms with E-state index in [4.69, 9.17) is 4.74 Å². The number of carbonyl (C=O) groups is 2. The summed E-state index contributed by atoms with van der Waals surface area (Å²) in [7, 11) is 0. The van der Waals surface area contributed by atoms with Crippen molar-refractivity contribution in [3.8, 4) is 0 Å². The third-order valence-corrected chi connectivity index (χ3v) is 2.92. The molecule has 0 radical (unpaired) electrons. The average molecular weight is 227 g/mol. The number of Topliss-reactive ketones (excluding diaryl/α,β-unsaturated/α-hetero) is 1. The molecule has 0 saturated carbocycles. The highest BCUT2D eigenvalue weighted by atomic mass is 16.6. The van der Waals surface area contributed by atoms with Gasteiger partial charge in [0.1, 0.15) is 5.78 Å². The van der Waals surface area contributed by atoms with Crippen LogP contribution in [0.4, 0.5) is 4.79 Å². The number of hydrogen-bond acceptors (Lipinski definition) is 3. The van der Waals surface area contributed by atoms with Crippen LogP contribution in [0.5, 0.6) is 0 Å². The topological polar surface area (TPSA) is 46.6 Å². The summed E-state index contributed by atoms with van der Waals surface area (Å²) in [5, 5.41) is 0. The van der Waals surface area contributed by atoms with E-state index in [0.29, 0.717) is 26.0 Å². The summed E-state index contributed by atoms with van der Waals surface area (Å²) < 4.78 is 5.17. The van der Waals surface area contributed by atoms with Crippen LogP contribution in [0.15, 0.2) is 0 Å². The van der Waals surface area contributed by atoms with E-state index in [-0.39, 0.29) is 11.9 Å². The molecule has 0 N–H and O–H groups in total. The molecule has 1 aliphatic heterocycles. The van der Waals surface area contributed by atoms with Crippen LogP contribution in [0.1, 0.15) is 46.5 Å². The minimum absolute atomic E-state index is 0.225. The number of likely N-dealkylation sites (tertiary alicyclic amines) is 1. The lowest BCUT2D eigenvalue weighted by atomic mass is 9.90. The Bertz CT molecular complexity index is 273. The molecule has 4 nitrogen and oxygen atoms in total. The number of hydrogen-bond donors (Lipinski definition) is 0. The van der Waals surface area contributed by atoms with Crippen molar-refractivity contribution >= 4 is 11.9 Å². The number of amides is 1. The van der Waals surface area contributed by atoms with Crippen LogP contribution in [-0.4, -0.2) is 35.5 Å². The van der Waals surface area contributed by atoms with Gasteiger partial charge < -0.3 is 9.64 Å². The van der Waals surface area contributed by atoms with Crippen molar-refractivity contribution in [1.29, 1.82) is 0 Å². The predicted molar refractivity (Wildman–Crippen MR) is 61.3 cm³/mol. The summed E-state index contributed by atoms with van der Waals surface area (Å²) in [5.41, 5.74) is -0.404. The van der Waals surface area contributed by atoms with E-state index >= 15 is 0 Å². The van der Waals surface area contributed by atoms with Gasteiger partial charge >= 0.3 is 6.09 Å². The molecular weight excluding hydrogens is 206 g/mol.